The Morgan fingerprint density at radius 1 is 0.438 bits per heavy atom. The molecule has 0 fully saturated rings. The molecular formula is C30H24N2. The van der Waals surface area contributed by atoms with Crippen LogP contribution < -0.4 is 0 Å². The summed E-state index contributed by atoms with van der Waals surface area (Å²) in [4.78, 5) is 9.11. The molecule has 5 rings (SSSR count). The van der Waals surface area contributed by atoms with Crippen LogP contribution in [-0.4, -0.2) is 9.97 Å². The van der Waals surface area contributed by atoms with Crippen LogP contribution in [0.4, 0.5) is 0 Å². The zero-order chi connectivity index (χ0) is 21.9. The number of hydrogen-bond acceptors (Lipinski definition) is 2. The van der Waals surface area contributed by atoms with Crippen LogP contribution in [0.1, 0.15) is 11.1 Å². The molecule has 0 amide bonds. The van der Waals surface area contributed by atoms with Crippen LogP contribution >= 0.6 is 0 Å². The second-order valence-corrected chi connectivity index (χ2v) is 8.19. The number of pyridine rings is 2. The zero-order valence-electron chi connectivity index (χ0n) is 18.3. The maximum atomic E-state index is 4.70. The van der Waals surface area contributed by atoms with Gasteiger partial charge in [-0.05, 0) is 78.1 Å². The van der Waals surface area contributed by atoms with E-state index < -0.39 is 0 Å². The van der Waals surface area contributed by atoms with Crippen molar-refractivity contribution in [2.75, 3.05) is 0 Å². The van der Waals surface area contributed by atoms with Crippen LogP contribution in [0.5, 0.6) is 0 Å². The minimum atomic E-state index is 0.878. The molecule has 0 aliphatic carbocycles. The second kappa shape index (κ2) is 8.60. The molecule has 32 heavy (non-hydrogen) atoms. The normalized spacial score (nSPS) is 10.8. The van der Waals surface area contributed by atoms with Gasteiger partial charge >= 0.3 is 0 Å². The van der Waals surface area contributed by atoms with Gasteiger partial charge in [0.2, 0.25) is 0 Å². The van der Waals surface area contributed by atoms with Crippen LogP contribution in [0.15, 0.2) is 109 Å². The summed E-state index contributed by atoms with van der Waals surface area (Å²) in [6.07, 6.45) is 3.74. The molecule has 0 aliphatic heterocycles. The van der Waals surface area contributed by atoms with E-state index in [1.807, 2.05) is 30.5 Å². The highest BCUT2D eigenvalue weighted by molar-refractivity contribution is 5.81. The zero-order valence-corrected chi connectivity index (χ0v) is 18.3. The summed E-state index contributed by atoms with van der Waals surface area (Å²) in [6, 6.07) is 34.2. The summed E-state index contributed by atoms with van der Waals surface area (Å²) in [5.74, 6) is 0. The first-order valence-electron chi connectivity index (χ1n) is 10.8. The summed E-state index contributed by atoms with van der Waals surface area (Å²) in [5.41, 5.74) is 11.4. The van der Waals surface area contributed by atoms with Crippen molar-refractivity contribution in [3.63, 3.8) is 0 Å². The highest BCUT2D eigenvalue weighted by Gasteiger charge is 2.09. The van der Waals surface area contributed by atoms with Gasteiger partial charge in [0.15, 0.2) is 0 Å². The summed E-state index contributed by atoms with van der Waals surface area (Å²) >= 11 is 0. The number of aryl methyl sites for hydroxylation is 2. The van der Waals surface area contributed by atoms with Crippen molar-refractivity contribution in [1.82, 2.24) is 9.97 Å². The molecule has 0 saturated heterocycles. The lowest BCUT2D eigenvalue weighted by atomic mass is 9.93. The quantitative estimate of drug-likeness (QED) is 0.301. The molecule has 2 nitrogen and oxygen atoms in total. The first-order valence-corrected chi connectivity index (χ1v) is 10.8. The Labute approximate surface area is 189 Å². The van der Waals surface area contributed by atoms with Crippen LogP contribution in [0, 0.1) is 13.8 Å². The molecule has 2 heterocycles. The maximum absolute atomic E-state index is 4.70. The predicted octanol–water partition coefficient (Wildman–Crippen LogP) is 7.76. The van der Waals surface area contributed by atoms with Gasteiger partial charge in [0, 0.05) is 18.0 Å². The highest BCUT2D eigenvalue weighted by Crippen LogP contribution is 2.33. The van der Waals surface area contributed by atoms with Crippen LogP contribution in [0.2, 0.25) is 0 Å². The van der Waals surface area contributed by atoms with Crippen molar-refractivity contribution in [1.29, 1.82) is 0 Å². The highest BCUT2D eigenvalue weighted by atomic mass is 14.8. The van der Waals surface area contributed by atoms with E-state index in [1.165, 1.54) is 33.4 Å². The fraction of sp³-hybridized carbons (Fsp3) is 0.0667. The number of rotatable bonds is 4. The minimum Gasteiger partial charge on any atom is -0.255 e. The molecular weight excluding hydrogens is 388 g/mol. The first-order chi connectivity index (χ1) is 15.7. The van der Waals surface area contributed by atoms with E-state index in [1.54, 1.807) is 6.20 Å². The molecule has 0 saturated carbocycles. The average molecular weight is 413 g/mol. The Morgan fingerprint density at radius 3 is 1.53 bits per heavy atom. The van der Waals surface area contributed by atoms with E-state index in [2.05, 4.69) is 91.6 Å². The van der Waals surface area contributed by atoms with Gasteiger partial charge in [-0.1, -0.05) is 71.8 Å². The van der Waals surface area contributed by atoms with Crippen LogP contribution in [0.3, 0.4) is 0 Å². The first kappa shape index (κ1) is 19.9. The lowest BCUT2D eigenvalue weighted by Gasteiger charge is -2.12. The molecule has 0 radical (unpaired) electrons. The van der Waals surface area contributed by atoms with Gasteiger partial charge in [0.1, 0.15) is 0 Å². The van der Waals surface area contributed by atoms with Gasteiger partial charge in [-0.2, -0.15) is 0 Å². The van der Waals surface area contributed by atoms with Crippen molar-refractivity contribution in [3.05, 3.63) is 121 Å². The molecule has 0 unspecified atom stereocenters. The van der Waals surface area contributed by atoms with Gasteiger partial charge in [0.05, 0.1) is 11.4 Å². The van der Waals surface area contributed by atoms with E-state index in [9.17, 15) is 0 Å². The third-order valence-electron chi connectivity index (χ3n) is 5.66. The Balaban J connectivity index is 1.62. The second-order valence-electron chi connectivity index (χ2n) is 8.19. The molecule has 0 atom stereocenters. The van der Waals surface area contributed by atoms with Crippen LogP contribution in [-0.2, 0) is 0 Å². The summed E-state index contributed by atoms with van der Waals surface area (Å²) in [6.45, 7) is 4.27. The maximum Gasteiger partial charge on any atom is 0.0886 e. The standard InChI is InChI=1S/C30H24N2/c1-21-7-5-9-23(15-21)26-17-27(24-10-6-8-22(2)16-24)19-28(18-26)25-12-13-30(32-20-25)29-11-3-4-14-31-29/h3-20H,1-2H3. The third-order valence-corrected chi connectivity index (χ3v) is 5.66. The van der Waals surface area contributed by atoms with Gasteiger partial charge in [-0.15, -0.1) is 0 Å². The molecule has 0 bridgehead atoms. The lowest BCUT2D eigenvalue weighted by Crippen LogP contribution is -1.90. The van der Waals surface area contributed by atoms with Gasteiger partial charge in [-0.25, -0.2) is 0 Å². The molecule has 0 N–H and O–H groups in total. The number of hydrogen-bond donors (Lipinski definition) is 0. The predicted molar refractivity (Wildman–Crippen MR) is 133 cm³/mol. The van der Waals surface area contributed by atoms with Crippen LogP contribution in [0.25, 0.3) is 44.8 Å². The average Bonchev–Trinajstić information content (AvgIpc) is 2.84. The monoisotopic (exact) mass is 412 g/mol. The fourth-order valence-electron chi connectivity index (χ4n) is 4.01. The van der Waals surface area contributed by atoms with Crippen molar-refractivity contribution in [2.45, 2.75) is 13.8 Å². The molecule has 154 valence electrons. The van der Waals surface area contributed by atoms with E-state index in [0.717, 1.165) is 22.5 Å². The summed E-state index contributed by atoms with van der Waals surface area (Å²) in [5, 5.41) is 0. The summed E-state index contributed by atoms with van der Waals surface area (Å²) < 4.78 is 0. The molecule has 2 aromatic heterocycles. The van der Waals surface area contributed by atoms with E-state index in [0.29, 0.717) is 0 Å². The SMILES string of the molecule is Cc1cccc(-c2cc(-c3ccc(-c4ccccn4)nc3)cc(-c3cccc(C)c3)c2)c1. The molecule has 5 aromatic rings. The van der Waals surface area contributed by atoms with Gasteiger partial charge in [0.25, 0.3) is 0 Å². The topological polar surface area (TPSA) is 25.8 Å². The molecule has 0 aliphatic rings. The van der Waals surface area contributed by atoms with Gasteiger partial charge in [-0.3, -0.25) is 9.97 Å². The van der Waals surface area contributed by atoms with Crippen molar-refractivity contribution >= 4 is 0 Å². The third kappa shape index (κ3) is 4.21. The van der Waals surface area contributed by atoms with Crippen molar-refractivity contribution in [3.8, 4) is 44.8 Å². The lowest BCUT2D eigenvalue weighted by molar-refractivity contribution is 1.25. The van der Waals surface area contributed by atoms with Crippen molar-refractivity contribution < 1.29 is 0 Å². The molecule has 2 heteroatoms. The smallest absolute Gasteiger partial charge is 0.0886 e. The largest absolute Gasteiger partial charge is 0.255 e. The van der Waals surface area contributed by atoms with E-state index >= 15 is 0 Å². The Hall–Kier alpha value is -4.04. The summed E-state index contributed by atoms with van der Waals surface area (Å²) in [7, 11) is 0. The number of aromatic nitrogens is 2. The Bertz CT molecular complexity index is 1310. The van der Waals surface area contributed by atoms with Gasteiger partial charge < -0.3 is 0 Å². The van der Waals surface area contributed by atoms with E-state index in [-0.39, 0.29) is 0 Å². The minimum absolute atomic E-state index is 0.878. The molecule has 3 aromatic carbocycles. The number of nitrogens with zero attached hydrogens (tertiary/aromatic N) is 2. The Kier molecular flexibility index (Phi) is 5.35. The Morgan fingerprint density at radius 2 is 1.03 bits per heavy atom. The number of benzene rings is 3. The molecule has 0 spiro atoms. The van der Waals surface area contributed by atoms with E-state index in [4.69, 9.17) is 4.98 Å². The van der Waals surface area contributed by atoms with Crippen molar-refractivity contribution in [2.24, 2.45) is 0 Å². The fourth-order valence-corrected chi connectivity index (χ4v) is 4.01.